The summed E-state index contributed by atoms with van der Waals surface area (Å²) in [5.74, 6) is 0.326. The Morgan fingerprint density at radius 2 is 1.72 bits per heavy atom. The number of nitrogens with zero attached hydrogens (tertiary/aromatic N) is 2. The first-order valence-corrected chi connectivity index (χ1v) is 13.0. The predicted molar refractivity (Wildman–Crippen MR) is 127 cm³/mol. The molecule has 0 unspecified atom stereocenters. The predicted octanol–water partition coefficient (Wildman–Crippen LogP) is 3.02. The summed E-state index contributed by atoms with van der Waals surface area (Å²) in [5, 5.41) is 2.85. The highest BCUT2D eigenvalue weighted by molar-refractivity contribution is 7.92. The normalized spacial score (nSPS) is 14.7. The number of hydrogen-bond acceptors (Lipinski definition) is 5. The van der Waals surface area contributed by atoms with E-state index in [1.807, 2.05) is 30.3 Å². The number of likely N-dealkylation sites (tertiary alicyclic amines) is 1. The first-order chi connectivity index (χ1) is 15.4. The summed E-state index contributed by atoms with van der Waals surface area (Å²) < 4.78 is 31.5. The fourth-order valence-electron chi connectivity index (χ4n) is 3.75. The molecule has 0 saturated carbocycles. The number of nitrogens with one attached hydrogen (secondary N) is 1. The van der Waals surface area contributed by atoms with E-state index in [9.17, 15) is 13.2 Å². The topological polar surface area (TPSA) is 79.0 Å². The van der Waals surface area contributed by atoms with Gasteiger partial charge in [-0.05, 0) is 68.7 Å². The molecule has 1 fully saturated rings. The van der Waals surface area contributed by atoms with Crippen molar-refractivity contribution >= 4 is 21.6 Å². The average molecular weight is 460 g/mol. The van der Waals surface area contributed by atoms with Crippen LogP contribution in [0.2, 0.25) is 0 Å². The van der Waals surface area contributed by atoms with E-state index < -0.39 is 10.0 Å². The number of rotatable bonds is 11. The van der Waals surface area contributed by atoms with Gasteiger partial charge in [-0.15, -0.1) is 0 Å². The van der Waals surface area contributed by atoms with E-state index in [1.54, 1.807) is 24.3 Å². The second-order valence-electron chi connectivity index (χ2n) is 8.14. The minimum atomic E-state index is -3.61. The Morgan fingerprint density at radius 1 is 1.03 bits per heavy atom. The Labute approximate surface area is 191 Å². The SMILES string of the molecule is CS(=O)(=O)N(CC(=O)NCCCN1CCCCC1)c1ccc(OCc2ccccc2)cc1. The fraction of sp³-hybridized carbons (Fsp3) is 0.458. The third-order valence-electron chi connectivity index (χ3n) is 5.48. The van der Waals surface area contributed by atoms with Crippen molar-refractivity contribution in [2.75, 3.05) is 43.3 Å². The van der Waals surface area contributed by atoms with E-state index in [1.165, 1.54) is 19.3 Å². The number of amides is 1. The van der Waals surface area contributed by atoms with Gasteiger partial charge >= 0.3 is 0 Å². The highest BCUT2D eigenvalue weighted by atomic mass is 32.2. The number of piperidine rings is 1. The Bertz CT molecular complexity index is 943. The zero-order chi connectivity index (χ0) is 22.8. The maximum Gasteiger partial charge on any atom is 0.240 e. The lowest BCUT2D eigenvalue weighted by molar-refractivity contribution is -0.119. The Hall–Kier alpha value is -2.58. The second-order valence-corrected chi connectivity index (χ2v) is 10.1. The standard InChI is InChI=1S/C24H33N3O4S/c1-32(29,30)27(19-24(28)25-15-8-18-26-16-6-3-7-17-26)22-11-13-23(14-12-22)31-20-21-9-4-2-5-10-21/h2,4-5,9-14H,3,6-8,15-20H2,1H3,(H,25,28). The second kappa shape index (κ2) is 11.9. The minimum absolute atomic E-state index is 0.243. The molecule has 2 aromatic carbocycles. The third-order valence-corrected chi connectivity index (χ3v) is 6.62. The molecule has 0 bridgehead atoms. The van der Waals surface area contributed by atoms with Crippen molar-refractivity contribution in [3.8, 4) is 5.75 Å². The summed E-state index contributed by atoms with van der Waals surface area (Å²) in [4.78, 5) is 14.8. The number of ether oxygens (including phenoxy) is 1. The van der Waals surface area contributed by atoms with E-state index in [0.717, 1.165) is 42.2 Å². The molecule has 2 aromatic rings. The zero-order valence-electron chi connectivity index (χ0n) is 18.7. The summed E-state index contributed by atoms with van der Waals surface area (Å²) in [5.41, 5.74) is 1.48. The molecule has 1 saturated heterocycles. The van der Waals surface area contributed by atoms with Gasteiger partial charge in [-0.3, -0.25) is 9.10 Å². The van der Waals surface area contributed by atoms with Crippen molar-refractivity contribution in [2.24, 2.45) is 0 Å². The largest absolute Gasteiger partial charge is 0.489 e. The van der Waals surface area contributed by atoms with Crippen LogP contribution in [0.1, 0.15) is 31.2 Å². The molecule has 0 spiro atoms. The number of carbonyl (C=O) groups excluding carboxylic acids is 1. The molecular weight excluding hydrogens is 426 g/mol. The summed E-state index contributed by atoms with van der Waals surface area (Å²) >= 11 is 0. The van der Waals surface area contributed by atoms with E-state index >= 15 is 0 Å². The van der Waals surface area contributed by atoms with Gasteiger partial charge in [0.05, 0.1) is 11.9 Å². The molecule has 1 amide bonds. The number of sulfonamides is 1. The van der Waals surface area contributed by atoms with Gasteiger partial charge in [-0.25, -0.2) is 8.42 Å². The molecular formula is C24H33N3O4S. The monoisotopic (exact) mass is 459 g/mol. The molecule has 0 aliphatic carbocycles. The van der Waals surface area contributed by atoms with Crippen molar-refractivity contribution in [1.29, 1.82) is 0 Å². The Morgan fingerprint density at radius 3 is 2.38 bits per heavy atom. The van der Waals surface area contributed by atoms with Gasteiger partial charge in [0.1, 0.15) is 18.9 Å². The van der Waals surface area contributed by atoms with Crippen LogP contribution in [0.25, 0.3) is 0 Å². The molecule has 1 N–H and O–H groups in total. The van der Waals surface area contributed by atoms with Crippen molar-refractivity contribution in [2.45, 2.75) is 32.3 Å². The van der Waals surface area contributed by atoms with E-state index in [0.29, 0.717) is 24.6 Å². The molecule has 174 valence electrons. The number of anilines is 1. The van der Waals surface area contributed by atoms with E-state index in [4.69, 9.17) is 4.74 Å². The maximum absolute atomic E-state index is 12.4. The molecule has 3 rings (SSSR count). The smallest absolute Gasteiger partial charge is 0.240 e. The molecule has 1 heterocycles. The van der Waals surface area contributed by atoms with Crippen LogP contribution >= 0.6 is 0 Å². The highest BCUT2D eigenvalue weighted by Crippen LogP contribution is 2.22. The Balaban J connectivity index is 1.49. The lowest BCUT2D eigenvalue weighted by Gasteiger charge is -2.26. The van der Waals surface area contributed by atoms with Crippen LogP contribution in [0.5, 0.6) is 5.75 Å². The Kier molecular flexibility index (Phi) is 8.93. The lowest BCUT2D eigenvalue weighted by Crippen LogP contribution is -2.41. The van der Waals surface area contributed by atoms with Gasteiger partial charge in [0.25, 0.3) is 0 Å². The van der Waals surface area contributed by atoms with Crippen molar-refractivity contribution in [1.82, 2.24) is 10.2 Å². The van der Waals surface area contributed by atoms with Crippen molar-refractivity contribution in [3.63, 3.8) is 0 Å². The third kappa shape index (κ3) is 7.84. The van der Waals surface area contributed by atoms with Crippen LogP contribution in [0, 0.1) is 0 Å². The van der Waals surface area contributed by atoms with Gasteiger partial charge in [-0.2, -0.15) is 0 Å². The minimum Gasteiger partial charge on any atom is -0.489 e. The van der Waals surface area contributed by atoms with Gasteiger partial charge in [0, 0.05) is 6.54 Å². The quantitative estimate of drug-likeness (QED) is 0.523. The summed E-state index contributed by atoms with van der Waals surface area (Å²) in [6.07, 6.45) is 5.75. The highest BCUT2D eigenvalue weighted by Gasteiger charge is 2.21. The molecule has 7 nitrogen and oxygen atoms in total. The van der Waals surface area contributed by atoms with Crippen LogP contribution in [0.15, 0.2) is 54.6 Å². The van der Waals surface area contributed by atoms with Crippen molar-refractivity contribution in [3.05, 3.63) is 60.2 Å². The van der Waals surface area contributed by atoms with Crippen LogP contribution in [0.4, 0.5) is 5.69 Å². The van der Waals surface area contributed by atoms with E-state index in [-0.39, 0.29) is 12.5 Å². The van der Waals surface area contributed by atoms with Crippen LogP contribution in [0.3, 0.4) is 0 Å². The molecule has 1 aliphatic heterocycles. The number of benzene rings is 2. The fourth-order valence-corrected chi connectivity index (χ4v) is 4.61. The summed E-state index contributed by atoms with van der Waals surface area (Å²) in [6.45, 7) is 3.93. The summed E-state index contributed by atoms with van der Waals surface area (Å²) in [7, 11) is -3.61. The molecule has 8 heteroatoms. The molecule has 1 aliphatic rings. The molecule has 0 atom stereocenters. The van der Waals surface area contributed by atoms with E-state index in [2.05, 4.69) is 10.2 Å². The van der Waals surface area contributed by atoms with Crippen LogP contribution < -0.4 is 14.4 Å². The molecule has 32 heavy (non-hydrogen) atoms. The van der Waals surface area contributed by atoms with Gasteiger partial charge in [0.2, 0.25) is 15.9 Å². The first kappa shape index (κ1) is 24.1. The van der Waals surface area contributed by atoms with Gasteiger partial charge in [0.15, 0.2) is 0 Å². The number of hydrogen-bond donors (Lipinski definition) is 1. The average Bonchev–Trinajstić information content (AvgIpc) is 2.80. The van der Waals surface area contributed by atoms with Crippen molar-refractivity contribution < 1.29 is 17.9 Å². The zero-order valence-corrected chi connectivity index (χ0v) is 19.5. The molecule has 0 aromatic heterocycles. The van der Waals surface area contributed by atoms with Gasteiger partial charge in [-0.1, -0.05) is 36.8 Å². The summed E-state index contributed by atoms with van der Waals surface area (Å²) in [6, 6.07) is 16.5. The molecule has 0 radical (unpaired) electrons. The van der Waals surface area contributed by atoms with Crippen LogP contribution in [-0.2, 0) is 21.4 Å². The maximum atomic E-state index is 12.4. The van der Waals surface area contributed by atoms with Crippen LogP contribution in [-0.4, -0.2) is 58.2 Å². The lowest BCUT2D eigenvalue weighted by atomic mass is 10.1. The first-order valence-electron chi connectivity index (χ1n) is 11.2. The number of carbonyl (C=O) groups is 1. The van der Waals surface area contributed by atoms with Gasteiger partial charge < -0.3 is 15.0 Å².